The second kappa shape index (κ2) is 5.67. The highest BCUT2D eigenvalue weighted by Gasteiger charge is 2.24. The summed E-state index contributed by atoms with van der Waals surface area (Å²) >= 11 is 0. The maximum atomic E-state index is 12.6. The summed E-state index contributed by atoms with van der Waals surface area (Å²) in [4.78, 5) is 17.0. The second-order valence-electron chi connectivity index (χ2n) is 6.32. The number of hydrogen-bond acceptors (Lipinski definition) is 4. The van der Waals surface area contributed by atoms with E-state index >= 15 is 0 Å². The summed E-state index contributed by atoms with van der Waals surface area (Å²) in [5, 5.41) is 3.09. The van der Waals surface area contributed by atoms with Gasteiger partial charge in [-0.1, -0.05) is 6.07 Å². The predicted molar refractivity (Wildman–Crippen MR) is 92.7 cm³/mol. The first-order valence-corrected chi connectivity index (χ1v) is 8.16. The molecule has 1 atom stereocenters. The van der Waals surface area contributed by atoms with Crippen LogP contribution in [0.2, 0.25) is 0 Å². The van der Waals surface area contributed by atoms with E-state index in [1.807, 2.05) is 37.3 Å². The third kappa shape index (κ3) is 2.62. The molecule has 0 saturated carbocycles. The summed E-state index contributed by atoms with van der Waals surface area (Å²) in [6, 6.07) is 11.3. The summed E-state index contributed by atoms with van der Waals surface area (Å²) < 4.78 is 5.64. The Morgan fingerprint density at radius 2 is 2.17 bits per heavy atom. The lowest BCUT2D eigenvalue weighted by Crippen LogP contribution is -2.30. The van der Waals surface area contributed by atoms with E-state index in [1.165, 1.54) is 5.56 Å². The quantitative estimate of drug-likeness (QED) is 0.708. The Kier molecular flexibility index (Phi) is 3.49. The van der Waals surface area contributed by atoms with Crippen LogP contribution >= 0.6 is 0 Å². The van der Waals surface area contributed by atoms with E-state index in [0.717, 1.165) is 36.2 Å². The molecule has 0 fully saturated rings. The number of benzene rings is 1. The molecule has 5 heteroatoms. The minimum Gasteiger partial charge on any atom is -0.449 e. The van der Waals surface area contributed by atoms with Gasteiger partial charge in [0.05, 0.1) is 6.04 Å². The number of fused-ring (bicyclic) bond motifs is 2. The maximum absolute atomic E-state index is 12.6. The van der Waals surface area contributed by atoms with E-state index in [4.69, 9.17) is 10.2 Å². The van der Waals surface area contributed by atoms with Crippen LogP contribution in [-0.4, -0.2) is 10.9 Å². The van der Waals surface area contributed by atoms with Gasteiger partial charge in [0.2, 0.25) is 0 Å². The third-order valence-corrected chi connectivity index (χ3v) is 4.52. The molecule has 0 bridgehead atoms. The largest absolute Gasteiger partial charge is 0.449 e. The van der Waals surface area contributed by atoms with Gasteiger partial charge in [0.25, 0.3) is 5.91 Å². The fourth-order valence-corrected chi connectivity index (χ4v) is 3.35. The number of amides is 1. The highest BCUT2D eigenvalue weighted by molar-refractivity contribution is 5.95. The molecular formula is C19H19N3O2. The molecule has 4 rings (SSSR count). The van der Waals surface area contributed by atoms with E-state index in [9.17, 15) is 4.79 Å². The monoisotopic (exact) mass is 321 g/mol. The molecule has 122 valence electrons. The van der Waals surface area contributed by atoms with Crippen molar-refractivity contribution in [3.8, 4) is 0 Å². The number of nitrogens with one attached hydrogen (secondary N) is 1. The molecule has 1 aliphatic rings. The molecule has 24 heavy (non-hydrogen) atoms. The predicted octanol–water partition coefficient (Wildman–Crippen LogP) is 3.53. The molecule has 0 saturated heterocycles. The Hall–Kier alpha value is -2.82. The van der Waals surface area contributed by atoms with Crippen LogP contribution in [0.4, 0.5) is 5.69 Å². The second-order valence-corrected chi connectivity index (χ2v) is 6.32. The highest BCUT2D eigenvalue weighted by atomic mass is 16.3. The average molecular weight is 321 g/mol. The molecule has 2 heterocycles. The van der Waals surface area contributed by atoms with Crippen LogP contribution in [0.3, 0.4) is 0 Å². The lowest BCUT2D eigenvalue weighted by Gasteiger charge is -2.26. The lowest BCUT2D eigenvalue weighted by molar-refractivity contribution is 0.0907. The molecular weight excluding hydrogens is 302 g/mol. The zero-order valence-corrected chi connectivity index (χ0v) is 13.5. The number of nitrogen functional groups attached to an aromatic ring is 1. The number of carbonyl (C=O) groups excluding carboxylic acids is 1. The number of pyridine rings is 1. The van der Waals surface area contributed by atoms with Crippen molar-refractivity contribution in [1.29, 1.82) is 0 Å². The molecule has 3 aromatic rings. The highest BCUT2D eigenvalue weighted by Crippen LogP contribution is 2.31. The SMILES string of the molecule is Cc1ccc2oc(C(=O)NC3CCCc4cc(N)ccc43)cc2n1. The van der Waals surface area contributed by atoms with Gasteiger partial charge < -0.3 is 15.5 Å². The number of nitrogens with two attached hydrogens (primary N) is 1. The van der Waals surface area contributed by atoms with Gasteiger partial charge in [-0.05, 0) is 61.6 Å². The Morgan fingerprint density at radius 3 is 3.04 bits per heavy atom. The summed E-state index contributed by atoms with van der Waals surface area (Å²) in [5.74, 6) is 0.0889. The summed E-state index contributed by atoms with van der Waals surface area (Å²) in [5.41, 5.74) is 11.2. The van der Waals surface area contributed by atoms with Crippen LogP contribution < -0.4 is 11.1 Å². The van der Waals surface area contributed by atoms with E-state index < -0.39 is 0 Å². The van der Waals surface area contributed by atoms with Crippen LogP contribution in [0.25, 0.3) is 11.1 Å². The summed E-state index contributed by atoms with van der Waals surface area (Å²) in [6.45, 7) is 1.91. The van der Waals surface area contributed by atoms with Gasteiger partial charge in [-0.15, -0.1) is 0 Å². The molecule has 0 radical (unpaired) electrons. The van der Waals surface area contributed by atoms with Gasteiger partial charge in [0.1, 0.15) is 5.52 Å². The van der Waals surface area contributed by atoms with Crippen LogP contribution in [-0.2, 0) is 6.42 Å². The van der Waals surface area contributed by atoms with Crippen molar-refractivity contribution in [3.63, 3.8) is 0 Å². The Bertz CT molecular complexity index is 930. The first-order valence-electron chi connectivity index (χ1n) is 8.16. The van der Waals surface area contributed by atoms with Crippen molar-refractivity contribution in [2.24, 2.45) is 0 Å². The summed E-state index contributed by atoms with van der Waals surface area (Å²) in [7, 11) is 0. The van der Waals surface area contributed by atoms with Crippen LogP contribution in [0, 0.1) is 6.92 Å². The number of furan rings is 1. The van der Waals surface area contributed by atoms with Crippen molar-refractivity contribution < 1.29 is 9.21 Å². The van der Waals surface area contributed by atoms with Crippen molar-refractivity contribution in [3.05, 3.63) is 59.0 Å². The zero-order chi connectivity index (χ0) is 16.7. The first-order chi connectivity index (χ1) is 11.6. The number of anilines is 1. The minimum atomic E-state index is -0.208. The fourth-order valence-electron chi connectivity index (χ4n) is 3.35. The normalized spacial score (nSPS) is 16.8. The van der Waals surface area contributed by atoms with Gasteiger partial charge in [0.15, 0.2) is 11.3 Å². The molecule has 1 aliphatic carbocycles. The van der Waals surface area contributed by atoms with E-state index in [-0.39, 0.29) is 11.9 Å². The maximum Gasteiger partial charge on any atom is 0.287 e. The number of carbonyl (C=O) groups is 1. The van der Waals surface area contributed by atoms with Gasteiger partial charge in [-0.3, -0.25) is 4.79 Å². The van der Waals surface area contributed by atoms with Crippen molar-refractivity contribution in [2.75, 3.05) is 5.73 Å². The summed E-state index contributed by atoms with van der Waals surface area (Å²) in [6.07, 6.45) is 2.95. The number of rotatable bonds is 2. The lowest BCUT2D eigenvalue weighted by atomic mass is 9.87. The molecule has 0 aliphatic heterocycles. The van der Waals surface area contributed by atoms with Crippen LogP contribution in [0.5, 0.6) is 0 Å². The molecule has 1 aromatic carbocycles. The Morgan fingerprint density at radius 1 is 1.29 bits per heavy atom. The molecule has 3 N–H and O–H groups in total. The van der Waals surface area contributed by atoms with E-state index in [0.29, 0.717) is 16.9 Å². The number of aromatic nitrogens is 1. The van der Waals surface area contributed by atoms with Gasteiger partial charge in [-0.25, -0.2) is 4.98 Å². The number of aryl methyl sites for hydroxylation is 2. The topological polar surface area (TPSA) is 81.2 Å². The smallest absolute Gasteiger partial charge is 0.287 e. The van der Waals surface area contributed by atoms with Crippen molar-refractivity contribution in [2.45, 2.75) is 32.2 Å². The van der Waals surface area contributed by atoms with Crippen LogP contribution in [0.15, 0.2) is 40.8 Å². The molecule has 1 unspecified atom stereocenters. The molecule has 1 amide bonds. The zero-order valence-electron chi connectivity index (χ0n) is 13.5. The van der Waals surface area contributed by atoms with Crippen molar-refractivity contribution in [1.82, 2.24) is 10.3 Å². The molecule has 0 spiro atoms. The van der Waals surface area contributed by atoms with Gasteiger partial charge in [0, 0.05) is 17.4 Å². The average Bonchev–Trinajstić information content (AvgIpc) is 2.98. The number of nitrogens with zero attached hydrogens (tertiary/aromatic N) is 1. The third-order valence-electron chi connectivity index (χ3n) is 4.52. The van der Waals surface area contributed by atoms with E-state index in [2.05, 4.69) is 10.3 Å². The molecule has 2 aromatic heterocycles. The van der Waals surface area contributed by atoms with E-state index in [1.54, 1.807) is 6.07 Å². The number of hydrogen-bond donors (Lipinski definition) is 2. The first kappa shape index (κ1) is 14.8. The Labute approximate surface area is 139 Å². The van der Waals surface area contributed by atoms with Gasteiger partial charge >= 0.3 is 0 Å². The van der Waals surface area contributed by atoms with Gasteiger partial charge in [-0.2, -0.15) is 0 Å². The van der Waals surface area contributed by atoms with Crippen molar-refractivity contribution >= 4 is 22.7 Å². The van der Waals surface area contributed by atoms with Crippen LogP contribution in [0.1, 0.15) is 46.3 Å². The Balaban J connectivity index is 1.60. The fraction of sp³-hybridized carbons (Fsp3) is 0.263. The molecule has 5 nitrogen and oxygen atoms in total. The standard InChI is InChI=1S/C19H19N3O2/c1-11-5-8-17-16(21-11)10-18(24-17)19(23)22-15-4-2-3-12-9-13(20)6-7-14(12)15/h5-10,15H,2-4,20H2,1H3,(H,22,23). The minimum absolute atomic E-state index is 0.00948.